The number of benzene rings is 1. The fourth-order valence-corrected chi connectivity index (χ4v) is 2.76. The van der Waals surface area contributed by atoms with Crippen LogP contribution in [0.3, 0.4) is 0 Å². The Morgan fingerprint density at radius 1 is 1.32 bits per heavy atom. The summed E-state index contributed by atoms with van der Waals surface area (Å²) >= 11 is 5.07. The van der Waals surface area contributed by atoms with E-state index in [1.165, 1.54) is 0 Å². The van der Waals surface area contributed by atoms with Gasteiger partial charge >= 0.3 is 6.09 Å². The van der Waals surface area contributed by atoms with Crippen LogP contribution >= 0.6 is 12.2 Å². The Bertz CT molecular complexity index is 834. The van der Waals surface area contributed by atoms with Crippen LogP contribution in [0.15, 0.2) is 30.3 Å². The van der Waals surface area contributed by atoms with Crippen molar-refractivity contribution in [3.63, 3.8) is 0 Å². The number of rotatable bonds is 9. The highest BCUT2D eigenvalue weighted by molar-refractivity contribution is 7.71. The van der Waals surface area contributed by atoms with Crippen LogP contribution in [-0.2, 0) is 29.6 Å². The minimum Gasteiger partial charge on any atom is -0.445 e. The van der Waals surface area contributed by atoms with E-state index < -0.39 is 12.1 Å². The Morgan fingerprint density at radius 2 is 2.04 bits per heavy atom. The van der Waals surface area contributed by atoms with Crippen LogP contribution in [0.1, 0.15) is 31.7 Å². The predicted molar refractivity (Wildman–Crippen MR) is 108 cm³/mol. The van der Waals surface area contributed by atoms with Gasteiger partial charge in [0.1, 0.15) is 18.5 Å². The van der Waals surface area contributed by atoms with Gasteiger partial charge in [0.2, 0.25) is 5.91 Å². The molecule has 8 nitrogen and oxygen atoms in total. The van der Waals surface area contributed by atoms with Gasteiger partial charge in [-0.1, -0.05) is 50.6 Å². The molecule has 0 saturated heterocycles. The summed E-state index contributed by atoms with van der Waals surface area (Å²) in [4.78, 5) is 24.7. The number of alkyl carbamates (subject to hydrolysis) is 1. The van der Waals surface area contributed by atoms with Gasteiger partial charge in [-0.3, -0.25) is 9.89 Å². The fourth-order valence-electron chi connectivity index (χ4n) is 2.60. The molecular weight excluding hydrogens is 378 g/mol. The largest absolute Gasteiger partial charge is 0.445 e. The van der Waals surface area contributed by atoms with E-state index in [9.17, 15) is 9.59 Å². The van der Waals surface area contributed by atoms with Gasteiger partial charge in [-0.2, -0.15) is 5.10 Å². The van der Waals surface area contributed by atoms with Crippen molar-refractivity contribution >= 4 is 24.2 Å². The SMILES string of the molecule is CC[C@H](C)[C@H](NC(=O)OCc1ccccc1)C(=O)NCCc1n[nH]c(=S)n1C. The molecule has 2 atom stereocenters. The van der Waals surface area contributed by atoms with E-state index in [1.807, 2.05) is 51.2 Å². The Kier molecular flexibility index (Phi) is 8.19. The third-order valence-corrected chi connectivity index (χ3v) is 4.97. The van der Waals surface area contributed by atoms with Crippen molar-refractivity contribution in [1.82, 2.24) is 25.4 Å². The molecule has 152 valence electrons. The molecule has 3 N–H and O–H groups in total. The van der Waals surface area contributed by atoms with Crippen LogP contribution in [0.25, 0.3) is 0 Å². The molecule has 28 heavy (non-hydrogen) atoms. The quantitative estimate of drug-likeness (QED) is 0.557. The van der Waals surface area contributed by atoms with E-state index in [0.29, 0.717) is 17.7 Å². The molecule has 2 rings (SSSR count). The normalized spacial score (nSPS) is 12.8. The molecule has 0 bridgehead atoms. The standard InChI is InChI=1S/C19H27N5O3S/c1-4-13(2)16(21-19(26)27-12-14-8-6-5-7-9-14)17(25)20-11-10-15-22-23-18(28)24(15)3/h5-9,13,16H,4,10-12H2,1-3H3,(H,20,25)(H,21,26)(H,23,28)/t13-,16-/m0/s1. The van der Waals surface area contributed by atoms with Crippen LogP contribution < -0.4 is 10.6 Å². The average Bonchev–Trinajstić information content (AvgIpc) is 3.02. The average molecular weight is 406 g/mol. The Hall–Kier alpha value is -2.68. The molecule has 9 heteroatoms. The number of ether oxygens (including phenoxy) is 1. The number of hydrogen-bond acceptors (Lipinski definition) is 5. The van der Waals surface area contributed by atoms with Gasteiger partial charge < -0.3 is 19.9 Å². The van der Waals surface area contributed by atoms with Crippen LogP contribution in [-0.4, -0.2) is 39.4 Å². The fraction of sp³-hybridized carbons (Fsp3) is 0.474. The van der Waals surface area contributed by atoms with Gasteiger partial charge in [0, 0.05) is 20.0 Å². The lowest BCUT2D eigenvalue weighted by Crippen LogP contribution is -2.50. The highest BCUT2D eigenvalue weighted by atomic mass is 32.1. The lowest BCUT2D eigenvalue weighted by Gasteiger charge is -2.23. The molecule has 0 saturated carbocycles. The maximum atomic E-state index is 12.6. The Balaban J connectivity index is 1.86. The monoisotopic (exact) mass is 405 g/mol. The summed E-state index contributed by atoms with van der Waals surface area (Å²) in [6, 6.07) is 8.72. The second kappa shape index (κ2) is 10.6. The summed E-state index contributed by atoms with van der Waals surface area (Å²) in [5.74, 6) is 0.466. The number of hydrogen-bond donors (Lipinski definition) is 3. The van der Waals surface area contributed by atoms with E-state index >= 15 is 0 Å². The predicted octanol–water partition coefficient (Wildman–Crippen LogP) is 2.48. The number of aromatic amines is 1. The molecule has 1 aromatic carbocycles. The van der Waals surface area contributed by atoms with Crippen molar-refractivity contribution in [2.24, 2.45) is 13.0 Å². The molecule has 0 unspecified atom stereocenters. The first-order valence-electron chi connectivity index (χ1n) is 9.27. The van der Waals surface area contributed by atoms with Gasteiger partial charge in [-0.25, -0.2) is 4.79 Å². The lowest BCUT2D eigenvalue weighted by molar-refractivity contribution is -0.124. The zero-order valence-electron chi connectivity index (χ0n) is 16.4. The molecule has 0 radical (unpaired) electrons. The number of carbonyl (C=O) groups is 2. The molecule has 0 aliphatic carbocycles. The second-order valence-corrected chi connectivity index (χ2v) is 7.00. The number of nitrogens with zero attached hydrogens (tertiary/aromatic N) is 2. The summed E-state index contributed by atoms with van der Waals surface area (Å²) in [6.45, 7) is 4.43. The molecule has 0 spiro atoms. The number of H-pyrrole nitrogens is 1. The summed E-state index contributed by atoms with van der Waals surface area (Å²) < 4.78 is 7.52. The third-order valence-electron chi connectivity index (χ3n) is 4.60. The number of nitrogens with one attached hydrogen (secondary N) is 3. The van der Waals surface area contributed by atoms with Crippen LogP contribution in [0.5, 0.6) is 0 Å². The minimum atomic E-state index is -0.671. The summed E-state index contributed by atoms with van der Waals surface area (Å²) in [5, 5.41) is 12.4. The van der Waals surface area contributed by atoms with Gasteiger partial charge in [0.05, 0.1) is 0 Å². The third kappa shape index (κ3) is 6.19. The Labute approximate surface area is 169 Å². The molecule has 0 aliphatic rings. The van der Waals surface area contributed by atoms with Gasteiger partial charge in [0.15, 0.2) is 4.77 Å². The first-order valence-corrected chi connectivity index (χ1v) is 9.68. The summed E-state index contributed by atoms with van der Waals surface area (Å²) in [5.41, 5.74) is 0.884. The molecule has 2 aromatic rings. The lowest BCUT2D eigenvalue weighted by atomic mass is 9.98. The smallest absolute Gasteiger partial charge is 0.408 e. The van der Waals surface area contributed by atoms with Crippen molar-refractivity contribution in [2.45, 2.75) is 39.3 Å². The number of amides is 2. The highest BCUT2D eigenvalue weighted by Crippen LogP contribution is 2.09. The number of aromatic nitrogens is 3. The molecule has 1 aromatic heterocycles. The van der Waals surface area contributed by atoms with E-state index in [0.717, 1.165) is 17.8 Å². The summed E-state index contributed by atoms with van der Waals surface area (Å²) in [6.07, 6.45) is 0.657. The van der Waals surface area contributed by atoms with Crippen molar-refractivity contribution in [3.05, 3.63) is 46.5 Å². The van der Waals surface area contributed by atoms with E-state index in [4.69, 9.17) is 17.0 Å². The van der Waals surface area contributed by atoms with Crippen LogP contribution in [0.2, 0.25) is 0 Å². The first-order chi connectivity index (χ1) is 13.4. The second-order valence-electron chi connectivity index (χ2n) is 6.61. The maximum absolute atomic E-state index is 12.6. The van der Waals surface area contributed by atoms with E-state index in [2.05, 4.69) is 20.8 Å². The van der Waals surface area contributed by atoms with Crippen molar-refractivity contribution in [1.29, 1.82) is 0 Å². The zero-order valence-corrected chi connectivity index (χ0v) is 17.2. The van der Waals surface area contributed by atoms with Gasteiger partial charge in [-0.05, 0) is 23.7 Å². The number of carbonyl (C=O) groups excluding carboxylic acids is 2. The highest BCUT2D eigenvalue weighted by Gasteiger charge is 2.26. The summed E-state index contributed by atoms with van der Waals surface area (Å²) in [7, 11) is 1.81. The minimum absolute atomic E-state index is 0.0370. The van der Waals surface area contributed by atoms with E-state index in [1.54, 1.807) is 4.57 Å². The van der Waals surface area contributed by atoms with Gasteiger partial charge in [0.25, 0.3) is 0 Å². The molecule has 0 fully saturated rings. The first kappa shape index (κ1) is 21.6. The molecule has 2 amide bonds. The van der Waals surface area contributed by atoms with E-state index in [-0.39, 0.29) is 18.4 Å². The van der Waals surface area contributed by atoms with Crippen molar-refractivity contribution < 1.29 is 14.3 Å². The van der Waals surface area contributed by atoms with Crippen LogP contribution in [0.4, 0.5) is 4.79 Å². The van der Waals surface area contributed by atoms with Gasteiger partial charge in [-0.15, -0.1) is 0 Å². The van der Waals surface area contributed by atoms with Crippen molar-refractivity contribution in [2.75, 3.05) is 6.54 Å². The molecule has 1 heterocycles. The van der Waals surface area contributed by atoms with Crippen molar-refractivity contribution in [3.8, 4) is 0 Å². The maximum Gasteiger partial charge on any atom is 0.408 e. The van der Waals surface area contributed by atoms with Crippen LogP contribution in [0, 0.1) is 10.7 Å². The topological polar surface area (TPSA) is 101 Å². The Morgan fingerprint density at radius 3 is 2.64 bits per heavy atom. The molecule has 0 aliphatic heterocycles. The zero-order chi connectivity index (χ0) is 20.5. The molecular formula is C19H27N5O3S.